The van der Waals surface area contributed by atoms with E-state index in [2.05, 4.69) is 13.2 Å². The Morgan fingerprint density at radius 2 is 1.56 bits per heavy atom. The van der Waals surface area contributed by atoms with Crippen molar-refractivity contribution in [3.8, 4) is 0 Å². The molecule has 0 heterocycles. The zero-order valence-electron chi connectivity index (χ0n) is 12.5. The van der Waals surface area contributed by atoms with Gasteiger partial charge in [-0.1, -0.05) is 37.3 Å². The van der Waals surface area contributed by atoms with E-state index >= 15 is 0 Å². The van der Waals surface area contributed by atoms with Crippen LogP contribution in [0.3, 0.4) is 0 Å². The van der Waals surface area contributed by atoms with Gasteiger partial charge in [-0.2, -0.15) is 0 Å². The lowest BCUT2D eigenvalue weighted by molar-refractivity contribution is 0.166. The van der Waals surface area contributed by atoms with Crippen LogP contribution >= 0.6 is 0 Å². The molecule has 0 unspecified atom stereocenters. The quantitative estimate of drug-likeness (QED) is 0.568. The van der Waals surface area contributed by atoms with E-state index in [-0.39, 0.29) is 13.2 Å². The number of aliphatic hydroxyl groups excluding tert-OH is 2. The first-order valence-electron chi connectivity index (χ1n) is 6.29. The van der Waals surface area contributed by atoms with Gasteiger partial charge in [0.2, 0.25) is 0 Å². The van der Waals surface area contributed by atoms with Gasteiger partial charge in [0.05, 0.1) is 13.2 Å². The van der Waals surface area contributed by atoms with Crippen LogP contribution in [0, 0.1) is 0 Å². The monoisotopic (exact) mass is 257 g/mol. The molecule has 0 aromatic rings. The second-order valence-electron chi connectivity index (χ2n) is 3.85. The van der Waals surface area contributed by atoms with E-state index in [1.54, 1.807) is 6.08 Å². The molecule has 0 radical (unpaired) electrons. The molecule has 0 atom stereocenters. The Hall–Kier alpha value is -0.900. The minimum absolute atomic E-state index is 0.174. The van der Waals surface area contributed by atoms with E-state index in [1.807, 2.05) is 44.7 Å². The van der Waals surface area contributed by atoms with Crippen molar-refractivity contribution in [1.29, 1.82) is 0 Å². The molecule has 0 saturated carbocycles. The zero-order chi connectivity index (χ0) is 14.8. The highest BCUT2D eigenvalue weighted by Gasteiger charge is 1.97. The number of hydrogen-bond donors (Lipinski definition) is 2. The molecule has 0 aromatic heterocycles. The number of hydrogen-bond acceptors (Lipinski definition) is 3. The van der Waals surface area contributed by atoms with Gasteiger partial charge in [-0.05, 0) is 27.3 Å². The van der Waals surface area contributed by atoms with Crippen LogP contribution in [0.5, 0.6) is 0 Å². The van der Waals surface area contributed by atoms with E-state index in [0.29, 0.717) is 13.1 Å². The fraction of sp³-hybridized carbons (Fsp3) is 0.600. The number of likely N-dealkylation sites (N-methyl/N-ethyl adjacent to an activating group) is 1. The van der Waals surface area contributed by atoms with E-state index in [4.69, 9.17) is 10.2 Å². The maximum atomic E-state index is 8.47. The summed E-state index contributed by atoms with van der Waals surface area (Å²) in [4.78, 5) is 1.99. The summed E-state index contributed by atoms with van der Waals surface area (Å²) in [6, 6.07) is 0. The summed E-state index contributed by atoms with van der Waals surface area (Å²) < 4.78 is 0. The average molecular weight is 257 g/mol. The number of rotatable bonds is 6. The van der Waals surface area contributed by atoms with Crippen molar-refractivity contribution in [1.82, 2.24) is 4.90 Å². The average Bonchev–Trinajstić information content (AvgIpc) is 2.30. The second kappa shape index (κ2) is 21.4. The zero-order valence-corrected chi connectivity index (χ0v) is 12.5. The molecule has 0 amide bonds. The van der Waals surface area contributed by atoms with Crippen LogP contribution in [-0.4, -0.2) is 48.0 Å². The normalized spacial score (nSPS) is 9.28. The van der Waals surface area contributed by atoms with Crippen LogP contribution in [0.25, 0.3) is 0 Å². The fourth-order valence-electron chi connectivity index (χ4n) is 0.847. The van der Waals surface area contributed by atoms with Crippen LogP contribution in [-0.2, 0) is 0 Å². The minimum Gasteiger partial charge on any atom is -0.395 e. The van der Waals surface area contributed by atoms with Gasteiger partial charge >= 0.3 is 0 Å². The summed E-state index contributed by atoms with van der Waals surface area (Å²) in [7, 11) is 0. The van der Waals surface area contributed by atoms with E-state index in [9.17, 15) is 0 Å². The minimum atomic E-state index is 0.174. The predicted molar refractivity (Wildman–Crippen MR) is 81.8 cm³/mol. The Kier molecular flexibility index (Phi) is 26.5. The highest BCUT2D eigenvalue weighted by Crippen LogP contribution is 1.83. The van der Waals surface area contributed by atoms with Crippen molar-refractivity contribution in [3.05, 3.63) is 37.0 Å². The number of allylic oxidation sites excluding steroid dienone is 4. The molecule has 0 fully saturated rings. The van der Waals surface area contributed by atoms with Crippen LogP contribution in [0.15, 0.2) is 37.0 Å². The fourth-order valence-corrected chi connectivity index (χ4v) is 0.847. The molecule has 2 N–H and O–H groups in total. The number of nitrogens with zero attached hydrogens (tertiary/aromatic N) is 1. The Bertz CT molecular complexity index is 191. The summed E-state index contributed by atoms with van der Waals surface area (Å²) in [5, 5.41) is 16.9. The van der Waals surface area contributed by atoms with Crippen LogP contribution in [0.4, 0.5) is 0 Å². The van der Waals surface area contributed by atoms with Crippen LogP contribution in [0.2, 0.25) is 0 Å². The van der Waals surface area contributed by atoms with Crippen molar-refractivity contribution in [2.75, 3.05) is 32.8 Å². The van der Waals surface area contributed by atoms with Gasteiger partial charge < -0.3 is 10.2 Å². The van der Waals surface area contributed by atoms with Crippen LogP contribution < -0.4 is 0 Å². The van der Waals surface area contributed by atoms with Gasteiger partial charge in [0, 0.05) is 13.1 Å². The summed E-state index contributed by atoms with van der Waals surface area (Å²) >= 11 is 0. The molecule has 0 aliphatic carbocycles. The van der Waals surface area contributed by atoms with Crippen LogP contribution in [0.1, 0.15) is 27.7 Å². The molecule has 0 aliphatic heterocycles. The van der Waals surface area contributed by atoms with E-state index < -0.39 is 0 Å². The van der Waals surface area contributed by atoms with E-state index in [1.165, 1.54) is 5.57 Å². The highest BCUT2D eigenvalue weighted by atomic mass is 16.3. The summed E-state index contributed by atoms with van der Waals surface area (Å²) in [5.74, 6) is 0. The van der Waals surface area contributed by atoms with Gasteiger partial charge in [-0.15, -0.1) is 6.58 Å². The van der Waals surface area contributed by atoms with Crippen molar-refractivity contribution in [2.24, 2.45) is 0 Å². The molecule has 0 saturated heterocycles. The summed E-state index contributed by atoms with van der Waals surface area (Å²) in [6.45, 7) is 17.5. The molecule has 0 aromatic carbocycles. The lowest BCUT2D eigenvalue weighted by Gasteiger charge is -2.16. The van der Waals surface area contributed by atoms with Gasteiger partial charge in [0.25, 0.3) is 0 Å². The van der Waals surface area contributed by atoms with Gasteiger partial charge in [-0.3, -0.25) is 4.90 Å². The third-order valence-electron chi connectivity index (χ3n) is 1.61. The molecular formula is C15H31NO2. The lowest BCUT2D eigenvalue weighted by Crippen LogP contribution is -2.29. The molecule has 0 rings (SSSR count). The van der Waals surface area contributed by atoms with Crippen molar-refractivity contribution < 1.29 is 10.2 Å². The highest BCUT2D eigenvalue weighted by molar-refractivity contribution is 4.94. The SMILES string of the molecule is C=C(C)C.C=C/C=C\C.CCN(CCO)CCO. The Morgan fingerprint density at radius 1 is 1.17 bits per heavy atom. The molecule has 0 spiro atoms. The largest absolute Gasteiger partial charge is 0.395 e. The van der Waals surface area contributed by atoms with Crippen molar-refractivity contribution in [2.45, 2.75) is 27.7 Å². The lowest BCUT2D eigenvalue weighted by atomic mass is 10.4. The maximum Gasteiger partial charge on any atom is 0.0558 e. The molecule has 0 bridgehead atoms. The van der Waals surface area contributed by atoms with Gasteiger partial charge in [0.15, 0.2) is 0 Å². The molecule has 18 heavy (non-hydrogen) atoms. The van der Waals surface area contributed by atoms with Crippen molar-refractivity contribution >= 4 is 0 Å². The smallest absolute Gasteiger partial charge is 0.0558 e. The Morgan fingerprint density at radius 3 is 1.67 bits per heavy atom. The predicted octanol–water partition coefficient (Wildman–Crippen LogP) is 2.62. The molecule has 3 heteroatoms. The molecular weight excluding hydrogens is 226 g/mol. The third kappa shape index (κ3) is 36.3. The molecule has 3 nitrogen and oxygen atoms in total. The van der Waals surface area contributed by atoms with Gasteiger partial charge in [-0.25, -0.2) is 0 Å². The molecule has 0 aliphatic rings. The van der Waals surface area contributed by atoms with Gasteiger partial charge in [0.1, 0.15) is 0 Å². The summed E-state index contributed by atoms with van der Waals surface area (Å²) in [6.07, 6.45) is 5.58. The Balaban J connectivity index is -0.000000212. The Labute approximate surface area is 113 Å². The summed E-state index contributed by atoms with van der Waals surface area (Å²) in [5.41, 5.74) is 1.17. The van der Waals surface area contributed by atoms with E-state index in [0.717, 1.165) is 6.54 Å². The number of aliphatic hydroxyl groups is 2. The van der Waals surface area contributed by atoms with Crippen molar-refractivity contribution in [3.63, 3.8) is 0 Å². The first kappa shape index (κ1) is 22.3. The first-order valence-corrected chi connectivity index (χ1v) is 6.29. The topological polar surface area (TPSA) is 43.7 Å². The standard InChI is InChI=1S/C6H15NO2.C5H8.C4H8/c1-2-7(3-5-8)4-6-9;1-3-5-4-2;1-4(2)3/h8-9H,2-6H2,1H3;3-5H,1H2,2H3;1H2,2-3H3/b;5-4-;. The molecule has 108 valence electrons. The maximum absolute atomic E-state index is 8.47. The first-order chi connectivity index (χ1) is 8.49. The third-order valence-corrected chi connectivity index (χ3v) is 1.61. The second-order valence-corrected chi connectivity index (χ2v) is 3.85.